The molecule has 0 radical (unpaired) electrons. The highest BCUT2D eigenvalue weighted by Crippen LogP contribution is 2.19. The zero-order valence-electron chi connectivity index (χ0n) is 11.1. The van der Waals surface area contributed by atoms with Crippen LogP contribution in [0.1, 0.15) is 39.0 Å². The summed E-state index contributed by atoms with van der Waals surface area (Å²) in [6.07, 6.45) is 6.08. The van der Waals surface area contributed by atoms with Crippen molar-refractivity contribution >= 4 is 17.1 Å². The molecule has 0 spiro atoms. The molecular weight excluding hydrogens is 264 g/mol. The molecule has 106 valence electrons. The third-order valence-corrected chi connectivity index (χ3v) is 4.40. The predicted molar refractivity (Wildman–Crippen MR) is 73.5 cm³/mol. The highest BCUT2D eigenvalue weighted by atomic mass is 32.2. The fraction of sp³-hybridized carbons (Fsp3) is 0.538. The number of rotatable bonds is 8. The van der Waals surface area contributed by atoms with Crippen molar-refractivity contribution in [3.05, 3.63) is 24.4 Å². The number of nitrogens with two attached hydrogens (primary N) is 1. The third-order valence-electron chi connectivity index (χ3n) is 2.80. The number of unbranched alkanes of at least 4 members (excludes halogenated alkanes) is 3. The first-order valence-electron chi connectivity index (χ1n) is 6.42. The molecule has 2 atom stereocenters. The SMILES string of the molecule is CCCCCCC(C(=O)ON)[S+]([O-])c1ccccn1. The normalized spacial score (nSPS) is 13.8. The lowest BCUT2D eigenvalue weighted by Crippen LogP contribution is -2.34. The zero-order valence-corrected chi connectivity index (χ0v) is 11.9. The number of pyridine rings is 1. The van der Waals surface area contributed by atoms with Gasteiger partial charge in [0.2, 0.25) is 10.3 Å². The van der Waals surface area contributed by atoms with Crippen molar-refractivity contribution in [2.45, 2.75) is 49.3 Å². The Bertz CT molecular complexity index is 375. The van der Waals surface area contributed by atoms with Crippen LogP contribution in [0.4, 0.5) is 0 Å². The summed E-state index contributed by atoms with van der Waals surface area (Å²) in [7, 11) is 0. The molecule has 2 unspecified atom stereocenters. The lowest BCUT2D eigenvalue weighted by atomic mass is 10.1. The van der Waals surface area contributed by atoms with Crippen molar-refractivity contribution in [1.29, 1.82) is 0 Å². The van der Waals surface area contributed by atoms with E-state index in [1.807, 2.05) is 0 Å². The van der Waals surface area contributed by atoms with E-state index in [1.54, 1.807) is 24.4 Å². The summed E-state index contributed by atoms with van der Waals surface area (Å²) in [5.41, 5.74) is 0. The molecule has 0 aliphatic carbocycles. The largest absolute Gasteiger partial charge is 0.610 e. The fourth-order valence-electron chi connectivity index (χ4n) is 1.76. The first kappa shape index (κ1) is 15.9. The van der Waals surface area contributed by atoms with Gasteiger partial charge in [0.15, 0.2) is 0 Å². The Morgan fingerprint density at radius 1 is 1.47 bits per heavy atom. The van der Waals surface area contributed by atoms with Gasteiger partial charge in [-0.15, -0.1) is 0 Å². The van der Waals surface area contributed by atoms with Gasteiger partial charge >= 0.3 is 5.97 Å². The minimum Gasteiger partial charge on any atom is -0.610 e. The van der Waals surface area contributed by atoms with Gasteiger partial charge in [-0.05, 0) is 12.5 Å². The van der Waals surface area contributed by atoms with Gasteiger partial charge in [0, 0.05) is 29.9 Å². The minimum atomic E-state index is -1.52. The van der Waals surface area contributed by atoms with Crippen LogP contribution in [0.3, 0.4) is 0 Å². The second-order valence-corrected chi connectivity index (χ2v) is 5.82. The van der Waals surface area contributed by atoms with E-state index in [9.17, 15) is 9.35 Å². The number of nitrogens with zero attached hydrogens (tertiary/aromatic N) is 1. The lowest BCUT2D eigenvalue weighted by Gasteiger charge is -2.17. The topological polar surface area (TPSA) is 88.3 Å². The Labute approximate surface area is 116 Å². The van der Waals surface area contributed by atoms with Gasteiger partial charge in [0.05, 0.1) is 0 Å². The number of carbonyl (C=O) groups is 1. The van der Waals surface area contributed by atoms with Crippen molar-refractivity contribution in [3.63, 3.8) is 0 Å². The molecule has 1 heterocycles. The van der Waals surface area contributed by atoms with Crippen molar-refractivity contribution in [2.75, 3.05) is 0 Å². The standard InChI is InChI=1S/C13H20N2O3S/c1-2-3-4-5-8-11(13(16)18-14)19(17)12-9-6-7-10-15-12/h6-7,9-11H,2-5,8,14H2,1H3. The van der Waals surface area contributed by atoms with Crippen molar-refractivity contribution in [3.8, 4) is 0 Å². The van der Waals surface area contributed by atoms with Crippen molar-refractivity contribution in [2.24, 2.45) is 5.90 Å². The molecule has 0 saturated heterocycles. The molecule has 0 aliphatic rings. The summed E-state index contributed by atoms with van der Waals surface area (Å²) in [6.45, 7) is 2.11. The summed E-state index contributed by atoms with van der Waals surface area (Å²) in [6, 6.07) is 5.11. The minimum absolute atomic E-state index is 0.383. The maximum Gasteiger partial charge on any atom is 0.378 e. The van der Waals surface area contributed by atoms with E-state index in [0.717, 1.165) is 25.7 Å². The molecule has 1 aromatic heterocycles. The average Bonchev–Trinajstić information content (AvgIpc) is 2.47. The molecule has 0 saturated carbocycles. The van der Waals surface area contributed by atoms with Crippen LogP contribution in [0.15, 0.2) is 29.4 Å². The molecule has 19 heavy (non-hydrogen) atoms. The molecule has 1 aromatic rings. The smallest absolute Gasteiger partial charge is 0.378 e. The third kappa shape index (κ3) is 5.18. The van der Waals surface area contributed by atoms with E-state index >= 15 is 0 Å². The van der Waals surface area contributed by atoms with Gasteiger partial charge in [0.1, 0.15) is 0 Å². The van der Waals surface area contributed by atoms with Gasteiger partial charge in [-0.3, -0.25) is 0 Å². The van der Waals surface area contributed by atoms with E-state index < -0.39 is 22.4 Å². The maximum absolute atomic E-state index is 12.3. The van der Waals surface area contributed by atoms with E-state index in [0.29, 0.717) is 11.4 Å². The quantitative estimate of drug-likeness (QED) is 0.448. The summed E-state index contributed by atoms with van der Waals surface area (Å²) in [5.74, 6) is 4.28. The molecule has 1 rings (SSSR count). The van der Waals surface area contributed by atoms with Crippen LogP contribution in [-0.4, -0.2) is 20.8 Å². The molecule has 6 heteroatoms. The van der Waals surface area contributed by atoms with Gasteiger partial charge < -0.3 is 9.39 Å². The predicted octanol–water partition coefficient (Wildman–Crippen LogP) is 1.95. The Morgan fingerprint density at radius 2 is 2.26 bits per heavy atom. The second kappa shape index (κ2) is 8.90. The zero-order chi connectivity index (χ0) is 14.1. The van der Waals surface area contributed by atoms with Gasteiger partial charge in [-0.2, -0.15) is 5.90 Å². The molecule has 0 aromatic carbocycles. The van der Waals surface area contributed by atoms with Crippen LogP contribution >= 0.6 is 0 Å². The second-order valence-electron chi connectivity index (χ2n) is 4.24. The Kier molecular flexibility index (Phi) is 7.47. The highest BCUT2D eigenvalue weighted by Gasteiger charge is 2.34. The van der Waals surface area contributed by atoms with E-state index in [-0.39, 0.29) is 0 Å². The number of hydrogen-bond donors (Lipinski definition) is 1. The molecular formula is C13H20N2O3S. The first-order chi connectivity index (χ1) is 9.20. The number of hydrogen-bond acceptors (Lipinski definition) is 5. The van der Waals surface area contributed by atoms with Crippen LogP contribution in [0.5, 0.6) is 0 Å². The lowest BCUT2D eigenvalue weighted by molar-refractivity contribution is -0.143. The van der Waals surface area contributed by atoms with Crippen LogP contribution in [0.2, 0.25) is 0 Å². The average molecular weight is 284 g/mol. The monoisotopic (exact) mass is 284 g/mol. The van der Waals surface area contributed by atoms with Gasteiger partial charge in [-0.1, -0.05) is 32.3 Å². The summed E-state index contributed by atoms with van der Waals surface area (Å²) >= 11 is -1.52. The van der Waals surface area contributed by atoms with E-state index in [2.05, 4.69) is 16.7 Å². The summed E-state index contributed by atoms with van der Waals surface area (Å²) < 4.78 is 12.3. The molecule has 0 bridgehead atoms. The summed E-state index contributed by atoms with van der Waals surface area (Å²) in [5, 5.41) is -0.356. The Hall–Kier alpha value is -1.11. The van der Waals surface area contributed by atoms with Crippen LogP contribution in [0, 0.1) is 0 Å². The van der Waals surface area contributed by atoms with E-state index in [1.165, 1.54) is 0 Å². The van der Waals surface area contributed by atoms with Gasteiger partial charge in [-0.25, -0.2) is 9.78 Å². The number of aromatic nitrogens is 1. The molecule has 0 amide bonds. The number of carbonyl (C=O) groups excluding carboxylic acids is 1. The Morgan fingerprint density at radius 3 is 2.84 bits per heavy atom. The highest BCUT2D eigenvalue weighted by molar-refractivity contribution is 7.92. The fourth-order valence-corrected chi connectivity index (χ4v) is 3.04. The Balaban J connectivity index is 2.65. The molecule has 5 nitrogen and oxygen atoms in total. The van der Waals surface area contributed by atoms with Crippen LogP contribution in [0.25, 0.3) is 0 Å². The molecule has 2 N–H and O–H groups in total. The molecule has 0 aliphatic heterocycles. The van der Waals surface area contributed by atoms with Crippen molar-refractivity contribution in [1.82, 2.24) is 4.98 Å². The summed E-state index contributed by atoms with van der Waals surface area (Å²) in [4.78, 5) is 19.9. The van der Waals surface area contributed by atoms with E-state index in [4.69, 9.17) is 5.90 Å². The van der Waals surface area contributed by atoms with Crippen LogP contribution < -0.4 is 5.90 Å². The van der Waals surface area contributed by atoms with Gasteiger partial charge in [0.25, 0.3) is 0 Å². The first-order valence-corrected chi connectivity index (χ1v) is 7.64. The van der Waals surface area contributed by atoms with Crippen LogP contribution in [-0.2, 0) is 20.8 Å². The van der Waals surface area contributed by atoms with Crippen molar-refractivity contribution < 1.29 is 14.2 Å². The maximum atomic E-state index is 12.3. The molecule has 0 fully saturated rings.